The Morgan fingerprint density at radius 2 is 2.00 bits per heavy atom. The number of anilines is 1. The molecule has 0 saturated carbocycles. The molecule has 2 rings (SSSR count). The van der Waals surface area contributed by atoms with Gasteiger partial charge in [0.2, 0.25) is 5.91 Å². The normalized spacial score (nSPS) is 16.3. The van der Waals surface area contributed by atoms with Crippen LogP contribution in [0, 0.1) is 5.92 Å². The van der Waals surface area contributed by atoms with E-state index in [0.29, 0.717) is 31.8 Å². The number of amides is 1. The fourth-order valence-corrected chi connectivity index (χ4v) is 2.75. The molecule has 0 spiro atoms. The molecule has 6 heteroatoms. The zero-order valence-electron chi connectivity index (χ0n) is 14.2. The van der Waals surface area contributed by atoms with Crippen LogP contribution in [0.25, 0.3) is 0 Å². The van der Waals surface area contributed by atoms with Crippen molar-refractivity contribution in [2.75, 3.05) is 25.0 Å². The summed E-state index contributed by atoms with van der Waals surface area (Å²) in [5, 5.41) is 6.24. The number of aryl methyl sites for hydroxylation is 1. The molecule has 24 heavy (non-hydrogen) atoms. The van der Waals surface area contributed by atoms with E-state index in [0.717, 1.165) is 30.8 Å². The number of rotatable bonds is 8. The summed E-state index contributed by atoms with van der Waals surface area (Å²) in [4.78, 5) is 23.3. The quantitative estimate of drug-likeness (QED) is 0.704. The van der Waals surface area contributed by atoms with Gasteiger partial charge in [-0.1, -0.05) is 12.1 Å². The van der Waals surface area contributed by atoms with Crippen molar-refractivity contribution in [2.45, 2.75) is 39.0 Å². The van der Waals surface area contributed by atoms with Crippen molar-refractivity contribution in [1.29, 1.82) is 0 Å². The minimum absolute atomic E-state index is 0. The van der Waals surface area contributed by atoms with Gasteiger partial charge in [-0.2, -0.15) is 0 Å². The summed E-state index contributed by atoms with van der Waals surface area (Å²) in [7, 11) is 0. The standard InChI is InChI=1S/C18H26N2O3.ClH/c1-2-23-18(22)10-6-14-3-7-16(8-4-14)20-17(21)9-5-15-11-12-19-13-15;/h3-4,7-8,15,19H,2,5-6,9-13H2,1H3,(H,20,21);1H. The van der Waals surface area contributed by atoms with Crippen LogP contribution in [0.1, 0.15) is 38.2 Å². The van der Waals surface area contributed by atoms with Gasteiger partial charge in [0.15, 0.2) is 0 Å². The van der Waals surface area contributed by atoms with Gasteiger partial charge in [0.1, 0.15) is 0 Å². The van der Waals surface area contributed by atoms with E-state index >= 15 is 0 Å². The summed E-state index contributed by atoms with van der Waals surface area (Å²) >= 11 is 0. The number of halogens is 1. The molecule has 1 unspecified atom stereocenters. The van der Waals surface area contributed by atoms with Gasteiger partial charge in [-0.3, -0.25) is 9.59 Å². The Kier molecular flexibility index (Phi) is 9.42. The van der Waals surface area contributed by atoms with Gasteiger partial charge < -0.3 is 15.4 Å². The third-order valence-electron chi connectivity index (χ3n) is 4.10. The highest BCUT2D eigenvalue weighted by atomic mass is 35.5. The highest BCUT2D eigenvalue weighted by Gasteiger charge is 2.15. The Labute approximate surface area is 149 Å². The zero-order valence-corrected chi connectivity index (χ0v) is 15.0. The van der Waals surface area contributed by atoms with Crippen molar-refractivity contribution < 1.29 is 14.3 Å². The molecule has 0 aromatic heterocycles. The molecular weight excluding hydrogens is 328 g/mol. The fraction of sp³-hybridized carbons (Fsp3) is 0.556. The van der Waals surface area contributed by atoms with Gasteiger partial charge in [0, 0.05) is 18.5 Å². The first-order valence-electron chi connectivity index (χ1n) is 8.42. The minimum Gasteiger partial charge on any atom is -0.466 e. The molecule has 134 valence electrons. The first-order valence-corrected chi connectivity index (χ1v) is 8.42. The summed E-state index contributed by atoms with van der Waals surface area (Å²) in [5.74, 6) is 0.522. The second-order valence-electron chi connectivity index (χ2n) is 5.95. The average molecular weight is 355 g/mol. The smallest absolute Gasteiger partial charge is 0.306 e. The van der Waals surface area contributed by atoms with Gasteiger partial charge in [-0.15, -0.1) is 12.4 Å². The number of carbonyl (C=O) groups is 2. The van der Waals surface area contributed by atoms with Crippen molar-refractivity contribution >= 4 is 30.0 Å². The van der Waals surface area contributed by atoms with Crippen molar-refractivity contribution in [1.82, 2.24) is 5.32 Å². The SMILES string of the molecule is CCOC(=O)CCc1ccc(NC(=O)CCC2CCNC2)cc1.Cl. The summed E-state index contributed by atoms with van der Waals surface area (Å²) in [5.41, 5.74) is 1.87. The molecule has 1 aromatic carbocycles. The van der Waals surface area contributed by atoms with Crippen molar-refractivity contribution in [3.05, 3.63) is 29.8 Å². The second kappa shape index (κ2) is 11.0. The molecule has 1 atom stereocenters. The lowest BCUT2D eigenvalue weighted by Gasteiger charge is -2.09. The van der Waals surface area contributed by atoms with E-state index in [1.165, 1.54) is 6.42 Å². The number of hydrogen-bond donors (Lipinski definition) is 2. The molecule has 1 saturated heterocycles. The predicted octanol–water partition coefficient (Wildman–Crippen LogP) is 2.93. The lowest BCUT2D eigenvalue weighted by molar-refractivity contribution is -0.143. The molecule has 1 aromatic rings. The predicted molar refractivity (Wildman–Crippen MR) is 97.5 cm³/mol. The van der Waals surface area contributed by atoms with Crippen LogP contribution in [0.4, 0.5) is 5.69 Å². The fourth-order valence-electron chi connectivity index (χ4n) is 2.75. The maximum Gasteiger partial charge on any atom is 0.306 e. The summed E-state index contributed by atoms with van der Waals surface area (Å²) in [6.07, 6.45) is 3.71. The van der Waals surface area contributed by atoms with E-state index in [1.54, 1.807) is 6.92 Å². The van der Waals surface area contributed by atoms with Gasteiger partial charge in [-0.05, 0) is 62.9 Å². The molecule has 0 radical (unpaired) electrons. The van der Waals surface area contributed by atoms with Crippen molar-refractivity contribution in [3.63, 3.8) is 0 Å². The van der Waals surface area contributed by atoms with Crippen LogP contribution < -0.4 is 10.6 Å². The van der Waals surface area contributed by atoms with Crippen LogP contribution in [-0.4, -0.2) is 31.6 Å². The number of ether oxygens (including phenoxy) is 1. The lowest BCUT2D eigenvalue weighted by atomic mass is 10.0. The Balaban J connectivity index is 0.00000288. The topological polar surface area (TPSA) is 67.4 Å². The Bertz CT molecular complexity index is 514. The van der Waals surface area contributed by atoms with E-state index in [1.807, 2.05) is 24.3 Å². The first-order chi connectivity index (χ1) is 11.2. The summed E-state index contributed by atoms with van der Waals surface area (Å²) in [6, 6.07) is 7.65. The molecule has 1 aliphatic heterocycles. The molecule has 1 fully saturated rings. The third kappa shape index (κ3) is 7.32. The van der Waals surface area contributed by atoms with Gasteiger partial charge >= 0.3 is 5.97 Å². The number of nitrogens with one attached hydrogen (secondary N) is 2. The highest BCUT2D eigenvalue weighted by Crippen LogP contribution is 2.16. The van der Waals surface area contributed by atoms with Gasteiger partial charge in [0.25, 0.3) is 0 Å². The highest BCUT2D eigenvalue weighted by molar-refractivity contribution is 5.90. The number of carbonyl (C=O) groups excluding carboxylic acids is 2. The zero-order chi connectivity index (χ0) is 16.5. The number of hydrogen-bond acceptors (Lipinski definition) is 4. The van der Waals surface area contributed by atoms with E-state index in [4.69, 9.17) is 4.74 Å². The second-order valence-corrected chi connectivity index (χ2v) is 5.95. The van der Waals surface area contributed by atoms with Gasteiger partial charge in [-0.25, -0.2) is 0 Å². The third-order valence-corrected chi connectivity index (χ3v) is 4.10. The molecule has 5 nitrogen and oxygen atoms in total. The lowest BCUT2D eigenvalue weighted by Crippen LogP contribution is -2.15. The maximum absolute atomic E-state index is 11.9. The molecule has 2 N–H and O–H groups in total. The van der Waals surface area contributed by atoms with E-state index in [9.17, 15) is 9.59 Å². The molecular formula is C18H27ClN2O3. The molecule has 0 aliphatic carbocycles. The Morgan fingerprint density at radius 1 is 1.25 bits per heavy atom. The number of esters is 1. The van der Waals surface area contributed by atoms with Crippen LogP contribution in [0.3, 0.4) is 0 Å². The van der Waals surface area contributed by atoms with Crippen LogP contribution in [0.2, 0.25) is 0 Å². The van der Waals surface area contributed by atoms with E-state index in [-0.39, 0.29) is 24.3 Å². The van der Waals surface area contributed by atoms with E-state index in [2.05, 4.69) is 10.6 Å². The van der Waals surface area contributed by atoms with Crippen LogP contribution in [0.5, 0.6) is 0 Å². The minimum atomic E-state index is -0.175. The monoisotopic (exact) mass is 354 g/mol. The van der Waals surface area contributed by atoms with E-state index < -0.39 is 0 Å². The maximum atomic E-state index is 11.9. The van der Waals surface area contributed by atoms with Crippen LogP contribution >= 0.6 is 12.4 Å². The largest absolute Gasteiger partial charge is 0.466 e. The summed E-state index contributed by atoms with van der Waals surface area (Å²) < 4.78 is 4.91. The molecule has 1 heterocycles. The molecule has 1 aliphatic rings. The van der Waals surface area contributed by atoms with Crippen LogP contribution in [-0.2, 0) is 20.7 Å². The Hall–Kier alpha value is -1.59. The average Bonchev–Trinajstić information content (AvgIpc) is 3.06. The van der Waals surface area contributed by atoms with Crippen LogP contribution in [0.15, 0.2) is 24.3 Å². The van der Waals surface area contributed by atoms with Gasteiger partial charge in [0.05, 0.1) is 6.61 Å². The molecule has 1 amide bonds. The van der Waals surface area contributed by atoms with Crippen molar-refractivity contribution in [3.8, 4) is 0 Å². The Morgan fingerprint density at radius 3 is 2.62 bits per heavy atom. The summed E-state index contributed by atoms with van der Waals surface area (Å²) in [6.45, 7) is 4.32. The molecule has 0 bridgehead atoms. The number of benzene rings is 1. The first kappa shape index (κ1) is 20.5. The van der Waals surface area contributed by atoms with Crippen molar-refractivity contribution in [2.24, 2.45) is 5.92 Å².